The van der Waals surface area contributed by atoms with E-state index in [0.29, 0.717) is 43.3 Å². The van der Waals surface area contributed by atoms with Crippen molar-refractivity contribution in [2.24, 2.45) is 7.05 Å². The summed E-state index contributed by atoms with van der Waals surface area (Å²) in [6.45, 7) is 8.87. The molecular formula is C34H36F3N5O5. The lowest BCUT2D eigenvalue weighted by Gasteiger charge is -2.35. The minimum atomic E-state index is -4.49. The molecule has 5 rings (SSSR count). The number of piperazine rings is 1. The highest BCUT2D eigenvalue weighted by Gasteiger charge is 2.31. The molecule has 248 valence electrons. The van der Waals surface area contributed by atoms with E-state index in [1.807, 2.05) is 51.4 Å². The van der Waals surface area contributed by atoms with Gasteiger partial charge in [-0.3, -0.25) is 9.59 Å². The Morgan fingerprint density at radius 3 is 2.11 bits per heavy atom. The van der Waals surface area contributed by atoms with E-state index in [1.54, 1.807) is 28.0 Å². The fourth-order valence-corrected chi connectivity index (χ4v) is 5.29. The van der Waals surface area contributed by atoms with Gasteiger partial charge in [-0.1, -0.05) is 0 Å². The average molecular weight is 652 g/mol. The number of aromatic nitrogens is 2. The number of fused-ring (bicyclic) bond motifs is 1. The Balaban J connectivity index is 1.26. The van der Waals surface area contributed by atoms with Crippen LogP contribution in [0.3, 0.4) is 0 Å². The van der Waals surface area contributed by atoms with Crippen molar-refractivity contribution in [3.63, 3.8) is 0 Å². The van der Waals surface area contributed by atoms with Crippen LogP contribution in [-0.2, 0) is 18.0 Å². The second kappa shape index (κ2) is 12.6. The minimum absolute atomic E-state index is 0.105. The Morgan fingerprint density at radius 1 is 0.894 bits per heavy atom. The van der Waals surface area contributed by atoms with Crippen LogP contribution in [0.25, 0.3) is 10.9 Å². The zero-order valence-electron chi connectivity index (χ0n) is 27.0. The summed E-state index contributed by atoms with van der Waals surface area (Å²) < 4.78 is 52.0. The maximum Gasteiger partial charge on any atom is 0.416 e. The predicted molar refractivity (Wildman–Crippen MR) is 170 cm³/mol. The number of pyridine rings is 1. The smallest absolute Gasteiger partial charge is 0.416 e. The molecule has 0 aliphatic carbocycles. The van der Waals surface area contributed by atoms with Crippen molar-refractivity contribution in [3.05, 3.63) is 83.2 Å². The van der Waals surface area contributed by atoms with Crippen molar-refractivity contribution >= 4 is 34.5 Å². The predicted octanol–water partition coefficient (Wildman–Crippen LogP) is 6.66. The largest absolute Gasteiger partial charge is 0.444 e. The standard InChI is InChI=1S/C34H36F3N5O5/c1-21-25-19-27(31(44)41-15-17-42(18-16-41)32(45)47-33(2,3)4)40(6)26(25)12-13-28(21)46-29-14-11-24(20-38-29)39(5)30(43)22-7-9-23(10-8-22)34(35,36)37/h7-14,19-20H,15-18H2,1-6H3. The van der Waals surface area contributed by atoms with E-state index < -0.39 is 23.2 Å². The van der Waals surface area contributed by atoms with Crippen molar-refractivity contribution in [1.29, 1.82) is 0 Å². The van der Waals surface area contributed by atoms with Gasteiger partial charge >= 0.3 is 12.3 Å². The van der Waals surface area contributed by atoms with Gasteiger partial charge in [0.15, 0.2) is 0 Å². The molecule has 1 saturated heterocycles. The molecule has 0 N–H and O–H groups in total. The fourth-order valence-electron chi connectivity index (χ4n) is 5.29. The number of hydrogen-bond acceptors (Lipinski definition) is 6. The summed E-state index contributed by atoms with van der Waals surface area (Å²) in [6.07, 6.45) is -3.44. The number of alkyl halides is 3. The monoisotopic (exact) mass is 651 g/mol. The maximum absolute atomic E-state index is 13.5. The lowest BCUT2D eigenvalue weighted by atomic mass is 10.1. The van der Waals surface area contributed by atoms with Crippen LogP contribution in [0.5, 0.6) is 11.6 Å². The van der Waals surface area contributed by atoms with Crippen molar-refractivity contribution in [2.45, 2.75) is 39.5 Å². The van der Waals surface area contributed by atoms with E-state index >= 15 is 0 Å². The number of rotatable bonds is 5. The number of halogens is 3. The molecule has 0 saturated carbocycles. The molecule has 2 aromatic carbocycles. The molecule has 0 bridgehead atoms. The molecule has 3 heterocycles. The van der Waals surface area contributed by atoms with Crippen LogP contribution in [0.1, 0.15) is 52.7 Å². The highest BCUT2D eigenvalue weighted by Crippen LogP contribution is 2.33. The molecule has 4 aromatic rings. The summed E-state index contributed by atoms with van der Waals surface area (Å²) in [5, 5.41) is 0.833. The van der Waals surface area contributed by atoms with Gasteiger partial charge in [-0.05, 0) is 76.2 Å². The first-order valence-electron chi connectivity index (χ1n) is 15.0. The van der Waals surface area contributed by atoms with Crippen LogP contribution in [0.2, 0.25) is 0 Å². The number of ether oxygens (including phenoxy) is 2. The van der Waals surface area contributed by atoms with Crippen molar-refractivity contribution in [3.8, 4) is 11.6 Å². The van der Waals surface area contributed by atoms with E-state index in [9.17, 15) is 27.6 Å². The molecule has 1 aliphatic heterocycles. The molecule has 1 aliphatic rings. The van der Waals surface area contributed by atoms with E-state index in [-0.39, 0.29) is 23.4 Å². The van der Waals surface area contributed by atoms with Crippen LogP contribution in [0.15, 0.2) is 60.8 Å². The van der Waals surface area contributed by atoms with E-state index in [2.05, 4.69) is 4.98 Å². The Hall–Kier alpha value is -5.07. The number of anilines is 1. The molecule has 0 atom stereocenters. The molecule has 2 aromatic heterocycles. The van der Waals surface area contributed by atoms with Gasteiger partial charge in [0.2, 0.25) is 5.88 Å². The molecule has 0 unspecified atom stereocenters. The van der Waals surface area contributed by atoms with Crippen LogP contribution >= 0.6 is 0 Å². The molecule has 13 heteroatoms. The summed E-state index contributed by atoms with van der Waals surface area (Å²) in [4.78, 5) is 47.7. The number of carbonyl (C=O) groups is 3. The number of amides is 3. The quantitative estimate of drug-likeness (QED) is 0.240. The van der Waals surface area contributed by atoms with Gasteiger partial charge in [-0.15, -0.1) is 0 Å². The summed E-state index contributed by atoms with van der Waals surface area (Å²) in [5.74, 6) is 0.167. The van der Waals surface area contributed by atoms with E-state index in [1.165, 1.54) is 18.1 Å². The van der Waals surface area contributed by atoms with Gasteiger partial charge in [0.25, 0.3) is 11.8 Å². The van der Waals surface area contributed by atoms with Gasteiger partial charge in [-0.25, -0.2) is 9.78 Å². The van der Waals surface area contributed by atoms with Crippen LogP contribution in [0.4, 0.5) is 23.7 Å². The zero-order chi connectivity index (χ0) is 34.3. The van der Waals surface area contributed by atoms with Gasteiger partial charge < -0.3 is 28.7 Å². The molecule has 0 spiro atoms. The average Bonchev–Trinajstić information content (AvgIpc) is 3.37. The normalized spacial score (nSPS) is 13.9. The lowest BCUT2D eigenvalue weighted by Crippen LogP contribution is -2.51. The van der Waals surface area contributed by atoms with E-state index in [0.717, 1.165) is 40.7 Å². The summed E-state index contributed by atoms with van der Waals surface area (Å²) in [6, 6.07) is 12.7. The Kier molecular flexibility index (Phi) is 8.94. The number of hydrogen-bond donors (Lipinski definition) is 0. The Bertz CT molecular complexity index is 1800. The van der Waals surface area contributed by atoms with Crippen LogP contribution in [0, 0.1) is 6.92 Å². The SMILES string of the molecule is Cc1c(Oc2ccc(N(C)C(=O)c3ccc(C(F)(F)F)cc3)cn2)ccc2c1cc(C(=O)N1CCN(C(=O)OC(C)(C)C)CC1)n2C. The highest BCUT2D eigenvalue weighted by molar-refractivity contribution is 6.05. The molecule has 0 radical (unpaired) electrons. The highest BCUT2D eigenvalue weighted by atomic mass is 19.4. The van der Waals surface area contributed by atoms with Crippen LogP contribution in [-0.4, -0.2) is 76.1 Å². The van der Waals surface area contributed by atoms with Crippen molar-refractivity contribution < 1.29 is 37.0 Å². The van der Waals surface area contributed by atoms with E-state index in [4.69, 9.17) is 9.47 Å². The van der Waals surface area contributed by atoms with Gasteiger partial charge in [0.1, 0.15) is 17.0 Å². The van der Waals surface area contributed by atoms with Crippen LogP contribution < -0.4 is 9.64 Å². The maximum atomic E-state index is 13.5. The summed E-state index contributed by atoms with van der Waals surface area (Å²) in [5.41, 5.74) is 1.26. The third kappa shape index (κ3) is 7.18. The van der Waals surface area contributed by atoms with Crippen molar-refractivity contribution in [1.82, 2.24) is 19.4 Å². The van der Waals surface area contributed by atoms with Crippen molar-refractivity contribution in [2.75, 3.05) is 38.1 Å². The third-order valence-corrected chi connectivity index (χ3v) is 7.97. The first-order valence-corrected chi connectivity index (χ1v) is 15.0. The second-order valence-electron chi connectivity index (χ2n) is 12.4. The van der Waals surface area contributed by atoms with Gasteiger partial charge in [0.05, 0.1) is 17.4 Å². The number of carbonyl (C=O) groups excluding carboxylic acids is 3. The number of aryl methyl sites for hydroxylation is 2. The molecule has 47 heavy (non-hydrogen) atoms. The lowest BCUT2D eigenvalue weighted by molar-refractivity contribution is -0.137. The second-order valence-corrected chi connectivity index (χ2v) is 12.4. The minimum Gasteiger partial charge on any atom is -0.444 e. The Morgan fingerprint density at radius 2 is 1.53 bits per heavy atom. The molecular weight excluding hydrogens is 615 g/mol. The fraction of sp³-hybridized carbons (Fsp3) is 0.353. The number of benzene rings is 2. The molecule has 10 nitrogen and oxygen atoms in total. The molecule has 1 fully saturated rings. The third-order valence-electron chi connectivity index (χ3n) is 7.97. The first kappa shape index (κ1) is 33.3. The first-order chi connectivity index (χ1) is 22.0. The number of nitrogens with zero attached hydrogens (tertiary/aromatic N) is 5. The zero-order valence-corrected chi connectivity index (χ0v) is 27.0. The van der Waals surface area contributed by atoms with Gasteiger partial charge in [0, 0.05) is 68.4 Å². The summed E-state index contributed by atoms with van der Waals surface area (Å²) >= 11 is 0. The van der Waals surface area contributed by atoms with Gasteiger partial charge in [-0.2, -0.15) is 13.2 Å². The topological polar surface area (TPSA) is 97.2 Å². The molecule has 3 amide bonds. The Labute approximate surface area is 270 Å². The summed E-state index contributed by atoms with van der Waals surface area (Å²) in [7, 11) is 3.33.